The molecular weight excluding hydrogens is 546 g/mol. The fraction of sp³-hybridized carbons (Fsp3) is 0.0714. The average molecular weight is 580 g/mol. The van der Waals surface area contributed by atoms with E-state index in [0.717, 1.165) is 50.1 Å². The van der Waals surface area contributed by atoms with Gasteiger partial charge in [-0.2, -0.15) is 0 Å². The van der Waals surface area contributed by atoms with Gasteiger partial charge in [0.15, 0.2) is 17.5 Å². The van der Waals surface area contributed by atoms with Crippen LogP contribution in [-0.4, -0.2) is 15.0 Å². The molecule has 1 heterocycles. The lowest BCUT2D eigenvalue weighted by molar-refractivity contribution is 1.07. The predicted molar refractivity (Wildman–Crippen MR) is 187 cm³/mol. The molecule has 0 aliphatic rings. The molecule has 45 heavy (non-hydrogen) atoms. The summed E-state index contributed by atoms with van der Waals surface area (Å²) in [6.07, 6.45) is 0. The highest BCUT2D eigenvalue weighted by Gasteiger charge is 2.19. The second kappa shape index (κ2) is 12.1. The second-order valence-corrected chi connectivity index (χ2v) is 11.5. The normalized spacial score (nSPS) is 11.0. The van der Waals surface area contributed by atoms with Crippen molar-refractivity contribution in [3.8, 4) is 67.5 Å². The molecule has 1 aromatic heterocycles. The van der Waals surface area contributed by atoms with Crippen LogP contribution in [0.4, 0.5) is 0 Å². The van der Waals surface area contributed by atoms with Gasteiger partial charge in [0.2, 0.25) is 0 Å². The van der Waals surface area contributed by atoms with E-state index in [0.29, 0.717) is 17.5 Å². The molecule has 0 unspecified atom stereocenters. The van der Waals surface area contributed by atoms with Crippen LogP contribution in [0.3, 0.4) is 0 Å². The number of rotatable bonds is 6. The lowest BCUT2D eigenvalue weighted by Gasteiger charge is -2.15. The maximum Gasteiger partial charge on any atom is 0.164 e. The summed E-state index contributed by atoms with van der Waals surface area (Å²) in [5, 5.41) is 0. The fourth-order valence-corrected chi connectivity index (χ4v) is 5.73. The van der Waals surface area contributed by atoms with Crippen molar-refractivity contribution in [2.75, 3.05) is 0 Å². The van der Waals surface area contributed by atoms with Crippen LogP contribution in [0.25, 0.3) is 67.5 Å². The van der Waals surface area contributed by atoms with Gasteiger partial charge in [-0.25, -0.2) is 15.0 Å². The van der Waals surface area contributed by atoms with Gasteiger partial charge in [0.05, 0.1) is 0 Å². The van der Waals surface area contributed by atoms with Gasteiger partial charge in [-0.05, 0) is 54.2 Å². The number of nitrogens with zero attached hydrogens (tertiary/aromatic N) is 3. The van der Waals surface area contributed by atoms with Gasteiger partial charge in [0, 0.05) is 16.7 Å². The molecule has 0 aliphatic carbocycles. The molecule has 6 aromatic carbocycles. The summed E-state index contributed by atoms with van der Waals surface area (Å²) in [6, 6.07) is 51.0. The van der Waals surface area contributed by atoms with Crippen LogP contribution in [0.5, 0.6) is 0 Å². The standard InChI is InChI=1S/C42H33N3/c1-28-16-22-31(23-17-28)34-10-4-7-13-37(34)40-43-41(38-14-8-5-11-35(38)32-24-18-29(2)19-25-32)45-42(44-40)39-15-9-6-12-36(39)33-26-20-30(3)21-27-33/h4-27H,1-3H3. The molecule has 0 fully saturated rings. The first kappa shape index (κ1) is 28.1. The van der Waals surface area contributed by atoms with Crippen molar-refractivity contribution in [2.24, 2.45) is 0 Å². The van der Waals surface area contributed by atoms with E-state index >= 15 is 0 Å². The average Bonchev–Trinajstić information content (AvgIpc) is 3.09. The SMILES string of the molecule is Cc1ccc(-c2ccccc2-c2nc(-c3ccccc3-c3ccc(C)cc3)nc(-c3ccccc3-c3ccc(C)cc3)n2)cc1. The number of aryl methyl sites for hydroxylation is 3. The van der Waals surface area contributed by atoms with Gasteiger partial charge in [-0.15, -0.1) is 0 Å². The van der Waals surface area contributed by atoms with Gasteiger partial charge < -0.3 is 0 Å². The molecule has 0 saturated carbocycles. The van der Waals surface area contributed by atoms with Crippen LogP contribution in [-0.2, 0) is 0 Å². The number of hydrogen-bond acceptors (Lipinski definition) is 3. The van der Waals surface area contributed by atoms with E-state index < -0.39 is 0 Å². The van der Waals surface area contributed by atoms with E-state index in [1.807, 2.05) is 0 Å². The minimum atomic E-state index is 0.642. The maximum absolute atomic E-state index is 5.20. The first-order chi connectivity index (χ1) is 22.0. The molecule has 0 bridgehead atoms. The monoisotopic (exact) mass is 579 g/mol. The first-order valence-electron chi connectivity index (χ1n) is 15.3. The highest BCUT2D eigenvalue weighted by Crippen LogP contribution is 2.37. The molecule has 0 aliphatic heterocycles. The summed E-state index contributed by atoms with van der Waals surface area (Å²) >= 11 is 0. The molecule has 7 rings (SSSR count). The Kier molecular flexibility index (Phi) is 7.59. The Morgan fingerprint density at radius 1 is 0.267 bits per heavy atom. The van der Waals surface area contributed by atoms with Crippen LogP contribution in [0, 0.1) is 20.8 Å². The summed E-state index contributed by atoms with van der Waals surface area (Å²) in [7, 11) is 0. The summed E-state index contributed by atoms with van der Waals surface area (Å²) in [5.74, 6) is 1.93. The molecule has 216 valence electrons. The van der Waals surface area contributed by atoms with Crippen molar-refractivity contribution < 1.29 is 0 Å². The number of benzene rings is 6. The Balaban J connectivity index is 1.48. The molecule has 3 nitrogen and oxygen atoms in total. The zero-order valence-corrected chi connectivity index (χ0v) is 25.7. The Morgan fingerprint density at radius 3 is 0.733 bits per heavy atom. The van der Waals surface area contributed by atoms with Crippen molar-refractivity contribution in [3.05, 3.63) is 162 Å². The molecular formula is C42H33N3. The minimum absolute atomic E-state index is 0.642. The zero-order valence-electron chi connectivity index (χ0n) is 25.7. The Bertz CT molecular complexity index is 1850. The van der Waals surface area contributed by atoms with E-state index in [9.17, 15) is 0 Å². The topological polar surface area (TPSA) is 38.7 Å². The van der Waals surface area contributed by atoms with Gasteiger partial charge in [-0.1, -0.05) is 162 Å². The van der Waals surface area contributed by atoms with Crippen molar-refractivity contribution in [2.45, 2.75) is 20.8 Å². The highest BCUT2D eigenvalue weighted by molar-refractivity contribution is 5.86. The van der Waals surface area contributed by atoms with Crippen LogP contribution in [0.1, 0.15) is 16.7 Å². The Labute approximate surface area is 265 Å². The Morgan fingerprint density at radius 2 is 0.489 bits per heavy atom. The Hall–Kier alpha value is -5.67. The molecule has 0 atom stereocenters. The maximum atomic E-state index is 5.20. The van der Waals surface area contributed by atoms with E-state index in [1.54, 1.807) is 0 Å². The lowest BCUT2D eigenvalue weighted by atomic mass is 9.96. The second-order valence-electron chi connectivity index (χ2n) is 11.5. The molecule has 7 aromatic rings. The van der Waals surface area contributed by atoms with E-state index in [4.69, 9.17) is 15.0 Å². The predicted octanol–water partition coefficient (Wildman–Crippen LogP) is 10.8. The molecule has 0 N–H and O–H groups in total. The van der Waals surface area contributed by atoms with Crippen molar-refractivity contribution in [1.29, 1.82) is 0 Å². The van der Waals surface area contributed by atoms with Crippen LogP contribution >= 0.6 is 0 Å². The summed E-state index contributed by atoms with van der Waals surface area (Å²) in [4.78, 5) is 15.6. The number of hydrogen-bond donors (Lipinski definition) is 0. The van der Waals surface area contributed by atoms with Crippen LogP contribution < -0.4 is 0 Å². The summed E-state index contributed by atoms with van der Waals surface area (Å²) < 4.78 is 0. The molecule has 0 saturated heterocycles. The van der Waals surface area contributed by atoms with Crippen molar-refractivity contribution >= 4 is 0 Å². The van der Waals surface area contributed by atoms with Crippen LogP contribution in [0.15, 0.2) is 146 Å². The van der Waals surface area contributed by atoms with E-state index in [2.05, 4.69) is 166 Å². The third kappa shape index (κ3) is 5.81. The van der Waals surface area contributed by atoms with Crippen LogP contribution in [0.2, 0.25) is 0 Å². The fourth-order valence-electron chi connectivity index (χ4n) is 5.73. The lowest BCUT2D eigenvalue weighted by Crippen LogP contribution is -2.02. The van der Waals surface area contributed by atoms with Gasteiger partial charge in [-0.3, -0.25) is 0 Å². The zero-order chi connectivity index (χ0) is 30.8. The largest absolute Gasteiger partial charge is 0.208 e. The summed E-state index contributed by atoms with van der Waals surface area (Å²) in [5.41, 5.74) is 13.2. The van der Waals surface area contributed by atoms with Crippen molar-refractivity contribution in [3.63, 3.8) is 0 Å². The third-order valence-corrected chi connectivity index (χ3v) is 8.23. The molecule has 0 radical (unpaired) electrons. The van der Waals surface area contributed by atoms with Gasteiger partial charge in [0.25, 0.3) is 0 Å². The molecule has 3 heteroatoms. The van der Waals surface area contributed by atoms with Gasteiger partial charge in [0.1, 0.15) is 0 Å². The minimum Gasteiger partial charge on any atom is -0.208 e. The van der Waals surface area contributed by atoms with E-state index in [-0.39, 0.29) is 0 Å². The first-order valence-corrected chi connectivity index (χ1v) is 15.3. The smallest absolute Gasteiger partial charge is 0.164 e. The molecule has 0 amide bonds. The van der Waals surface area contributed by atoms with E-state index in [1.165, 1.54) is 16.7 Å². The quantitative estimate of drug-likeness (QED) is 0.197. The summed E-state index contributed by atoms with van der Waals surface area (Å²) in [6.45, 7) is 6.33. The molecule has 0 spiro atoms. The number of aromatic nitrogens is 3. The van der Waals surface area contributed by atoms with Crippen molar-refractivity contribution in [1.82, 2.24) is 15.0 Å². The third-order valence-electron chi connectivity index (χ3n) is 8.23. The van der Waals surface area contributed by atoms with Gasteiger partial charge >= 0.3 is 0 Å². The highest BCUT2D eigenvalue weighted by atomic mass is 15.0.